The zero-order chi connectivity index (χ0) is 13.7. The average molecular weight is 285 g/mol. The van der Waals surface area contributed by atoms with E-state index in [1.807, 2.05) is 0 Å². The Bertz CT molecular complexity index is 424. The molecule has 0 atom stereocenters. The van der Waals surface area contributed by atoms with Crippen LogP contribution in [0.25, 0.3) is 0 Å². The summed E-state index contributed by atoms with van der Waals surface area (Å²) in [6.07, 6.45) is 3.58. The van der Waals surface area contributed by atoms with E-state index >= 15 is 0 Å². The van der Waals surface area contributed by atoms with Gasteiger partial charge in [0.2, 0.25) is 0 Å². The Morgan fingerprint density at radius 3 is 3.11 bits per heavy atom. The monoisotopic (exact) mass is 284 g/mol. The number of Topliss-reactive ketones (excluding diaryl/α,β-unsaturated/α-hetero) is 1. The van der Waals surface area contributed by atoms with Crippen molar-refractivity contribution in [2.24, 2.45) is 0 Å². The maximum absolute atomic E-state index is 12.4. The predicted octanol–water partition coefficient (Wildman–Crippen LogP) is 1.42. The summed E-state index contributed by atoms with van der Waals surface area (Å²) < 4.78 is 1.72. The number of carbonyl (C=O) groups is 1. The lowest BCUT2D eigenvalue weighted by Crippen LogP contribution is -2.34. The fourth-order valence-electron chi connectivity index (χ4n) is 2.36. The molecule has 6 heteroatoms. The number of halogens is 1. The number of ketones is 1. The molecule has 0 bridgehead atoms. The highest BCUT2D eigenvalue weighted by molar-refractivity contribution is 6.33. The second-order valence-electron chi connectivity index (χ2n) is 4.87. The largest absolute Gasteiger partial charge is 0.315 e. The normalized spacial score (nSPS) is 17.4. The highest BCUT2D eigenvalue weighted by Gasteiger charge is 2.20. The molecule has 1 fully saturated rings. The maximum Gasteiger partial charge on any atom is 0.196 e. The number of nitrogens with zero attached hydrogens (tertiary/aromatic N) is 3. The van der Waals surface area contributed by atoms with Crippen LogP contribution in [0.2, 0.25) is 5.02 Å². The number of hydrogen-bond donors (Lipinski definition) is 1. The molecule has 106 valence electrons. The van der Waals surface area contributed by atoms with E-state index in [-0.39, 0.29) is 5.78 Å². The number of hydrogen-bond acceptors (Lipinski definition) is 4. The maximum atomic E-state index is 12.4. The molecule has 0 unspecified atom stereocenters. The van der Waals surface area contributed by atoms with Crippen LogP contribution in [0.4, 0.5) is 0 Å². The van der Waals surface area contributed by atoms with Crippen LogP contribution < -0.4 is 5.32 Å². The molecule has 2 rings (SSSR count). The molecule has 0 amide bonds. The SMILES string of the molecule is CCCn1ncc(Cl)c1C(=O)CN1CCCNCC1. The Labute approximate surface area is 118 Å². The summed E-state index contributed by atoms with van der Waals surface area (Å²) in [5.41, 5.74) is 0.556. The first-order valence-electron chi connectivity index (χ1n) is 6.90. The molecule has 1 aromatic rings. The van der Waals surface area contributed by atoms with Crippen LogP contribution in [0.15, 0.2) is 6.20 Å². The van der Waals surface area contributed by atoms with E-state index in [0.717, 1.165) is 45.6 Å². The van der Waals surface area contributed by atoms with E-state index in [1.54, 1.807) is 10.9 Å². The van der Waals surface area contributed by atoms with Gasteiger partial charge in [0.05, 0.1) is 17.8 Å². The molecule has 1 aliphatic heterocycles. The van der Waals surface area contributed by atoms with Crippen molar-refractivity contribution >= 4 is 17.4 Å². The first kappa shape index (κ1) is 14.5. The lowest BCUT2D eigenvalue weighted by atomic mass is 10.2. The Balaban J connectivity index is 2.04. The van der Waals surface area contributed by atoms with Gasteiger partial charge in [0.15, 0.2) is 5.78 Å². The number of nitrogens with one attached hydrogen (secondary N) is 1. The molecule has 0 aliphatic carbocycles. The quantitative estimate of drug-likeness (QED) is 0.831. The van der Waals surface area contributed by atoms with Gasteiger partial charge < -0.3 is 5.32 Å². The van der Waals surface area contributed by atoms with Crippen molar-refractivity contribution in [1.82, 2.24) is 20.0 Å². The molecule has 0 radical (unpaired) electrons. The fourth-order valence-corrected chi connectivity index (χ4v) is 2.61. The van der Waals surface area contributed by atoms with Gasteiger partial charge in [-0.1, -0.05) is 18.5 Å². The van der Waals surface area contributed by atoms with Crippen molar-refractivity contribution in [3.05, 3.63) is 16.9 Å². The number of carbonyl (C=O) groups excluding carboxylic acids is 1. The van der Waals surface area contributed by atoms with Crippen LogP contribution in [0.5, 0.6) is 0 Å². The van der Waals surface area contributed by atoms with Gasteiger partial charge in [0.25, 0.3) is 0 Å². The fraction of sp³-hybridized carbons (Fsp3) is 0.692. The molecule has 1 aliphatic rings. The van der Waals surface area contributed by atoms with Crippen LogP contribution >= 0.6 is 11.6 Å². The van der Waals surface area contributed by atoms with Crippen molar-refractivity contribution in [2.45, 2.75) is 26.3 Å². The van der Waals surface area contributed by atoms with Crippen LogP contribution in [-0.2, 0) is 6.54 Å². The summed E-state index contributed by atoms with van der Waals surface area (Å²) >= 11 is 6.09. The third-order valence-electron chi connectivity index (χ3n) is 3.29. The molecule has 19 heavy (non-hydrogen) atoms. The summed E-state index contributed by atoms with van der Waals surface area (Å²) in [5.74, 6) is 0.0675. The van der Waals surface area contributed by atoms with E-state index in [2.05, 4.69) is 22.2 Å². The van der Waals surface area contributed by atoms with E-state index in [1.165, 1.54) is 0 Å². The molecule has 1 N–H and O–H groups in total. The molecule has 0 aromatic carbocycles. The summed E-state index contributed by atoms with van der Waals surface area (Å²) in [6, 6.07) is 0. The summed E-state index contributed by atoms with van der Waals surface area (Å²) in [6.45, 7) is 7.05. The van der Waals surface area contributed by atoms with E-state index < -0.39 is 0 Å². The van der Waals surface area contributed by atoms with Gasteiger partial charge in [0.1, 0.15) is 5.69 Å². The van der Waals surface area contributed by atoms with Crippen LogP contribution in [0.1, 0.15) is 30.3 Å². The molecule has 1 aromatic heterocycles. The minimum Gasteiger partial charge on any atom is -0.315 e. The van der Waals surface area contributed by atoms with Gasteiger partial charge in [-0.15, -0.1) is 0 Å². The van der Waals surface area contributed by atoms with E-state index in [4.69, 9.17) is 11.6 Å². The van der Waals surface area contributed by atoms with Crippen LogP contribution in [-0.4, -0.2) is 53.2 Å². The molecule has 5 nitrogen and oxygen atoms in total. The zero-order valence-corrected chi connectivity index (χ0v) is 12.1. The minimum atomic E-state index is 0.0675. The highest BCUT2D eigenvalue weighted by atomic mass is 35.5. The first-order valence-corrected chi connectivity index (χ1v) is 7.27. The van der Waals surface area contributed by atoms with Crippen molar-refractivity contribution in [3.63, 3.8) is 0 Å². The standard InChI is InChI=1S/C13H21ClN4O/c1-2-6-18-13(11(14)9-16-18)12(19)10-17-7-3-4-15-5-8-17/h9,15H,2-8,10H2,1H3. The minimum absolute atomic E-state index is 0.0675. The lowest BCUT2D eigenvalue weighted by molar-refractivity contribution is 0.0924. The van der Waals surface area contributed by atoms with Gasteiger partial charge in [-0.2, -0.15) is 5.10 Å². The third-order valence-corrected chi connectivity index (χ3v) is 3.57. The smallest absolute Gasteiger partial charge is 0.196 e. The van der Waals surface area contributed by atoms with Crippen molar-refractivity contribution in [2.75, 3.05) is 32.7 Å². The Kier molecular flexibility index (Phi) is 5.36. The van der Waals surface area contributed by atoms with Crippen molar-refractivity contribution < 1.29 is 4.79 Å². The van der Waals surface area contributed by atoms with Crippen LogP contribution in [0, 0.1) is 0 Å². The van der Waals surface area contributed by atoms with Gasteiger partial charge >= 0.3 is 0 Å². The van der Waals surface area contributed by atoms with Crippen molar-refractivity contribution in [3.8, 4) is 0 Å². The van der Waals surface area contributed by atoms with Crippen molar-refractivity contribution in [1.29, 1.82) is 0 Å². The first-order chi connectivity index (χ1) is 9.22. The Morgan fingerprint density at radius 1 is 1.47 bits per heavy atom. The molecule has 0 saturated carbocycles. The molecule has 2 heterocycles. The predicted molar refractivity (Wildman–Crippen MR) is 75.8 cm³/mol. The second-order valence-corrected chi connectivity index (χ2v) is 5.27. The third kappa shape index (κ3) is 3.78. The molecule has 1 saturated heterocycles. The summed E-state index contributed by atoms with van der Waals surface area (Å²) in [7, 11) is 0. The second kappa shape index (κ2) is 7.03. The van der Waals surface area contributed by atoms with Crippen LogP contribution in [0.3, 0.4) is 0 Å². The molecule has 0 spiro atoms. The van der Waals surface area contributed by atoms with Gasteiger partial charge in [-0.05, 0) is 25.9 Å². The van der Waals surface area contributed by atoms with Gasteiger partial charge in [0, 0.05) is 19.6 Å². The van der Waals surface area contributed by atoms with Gasteiger partial charge in [-0.3, -0.25) is 14.4 Å². The summed E-state index contributed by atoms with van der Waals surface area (Å²) in [5, 5.41) is 7.97. The Hall–Kier alpha value is -0.910. The highest BCUT2D eigenvalue weighted by Crippen LogP contribution is 2.16. The zero-order valence-electron chi connectivity index (χ0n) is 11.4. The molecular weight excluding hydrogens is 264 g/mol. The Morgan fingerprint density at radius 2 is 2.32 bits per heavy atom. The topological polar surface area (TPSA) is 50.2 Å². The van der Waals surface area contributed by atoms with E-state index in [0.29, 0.717) is 17.3 Å². The summed E-state index contributed by atoms with van der Waals surface area (Å²) in [4.78, 5) is 14.6. The van der Waals surface area contributed by atoms with E-state index in [9.17, 15) is 4.79 Å². The number of aromatic nitrogens is 2. The lowest BCUT2D eigenvalue weighted by Gasteiger charge is -2.18. The average Bonchev–Trinajstić information content (AvgIpc) is 2.61. The molecular formula is C13H21ClN4O. The number of rotatable bonds is 5. The van der Waals surface area contributed by atoms with Gasteiger partial charge in [-0.25, -0.2) is 0 Å². The number of aryl methyl sites for hydroxylation is 1.